The van der Waals surface area contributed by atoms with Gasteiger partial charge in [-0.25, -0.2) is 0 Å². The molecule has 1 amide bonds. The topological polar surface area (TPSA) is 120 Å². The Balaban J connectivity index is 0.000000186. The minimum absolute atomic E-state index is 0.00427. The summed E-state index contributed by atoms with van der Waals surface area (Å²) >= 11 is 6.06. The number of likely N-dealkylation sites (N-methyl/N-ethyl adjacent to an activating group) is 1. The molecule has 9 heteroatoms. The fraction of sp³-hybridized carbons (Fsp3) is 0.310. The summed E-state index contributed by atoms with van der Waals surface area (Å²) in [6, 6.07) is 23.7. The molecule has 2 aliphatic rings. The lowest BCUT2D eigenvalue weighted by Crippen LogP contribution is -2.43. The predicted molar refractivity (Wildman–Crippen MR) is 162 cm³/mol. The molecular weight excluding hydrogens is 512 g/mol. The first-order chi connectivity index (χ1) is 18.3. The molecule has 0 saturated carbocycles. The monoisotopic (exact) mass is 548 g/mol. The first kappa shape index (κ1) is 28.0. The lowest BCUT2D eigenvalue weighted by atomic mass is 9.97. The molecule has 2 aliphatic heterocycles. The average Bonchev–Trinajstić information content (AvgIpc) is 3.26. The van der Waals surface area contributed by atoms with Gasteiger partial charge in [-0.2, -0.15) is 0 Å². The number of nitrogen functional groups attached to an aromatic ring is 1. The van der Waals surface area contributed by atoms with Gasteiger partial charge in [-0.3, -0.25) is 10.2 Å². The number of benzene rings is 3. The number of fused-ring (bicyclic) bond motifs is 1. The maximum atomic E-state index is 11.9. The molecule has 7 nitrogen and oxygen atoms in total. The average molecular weight is 549 g/mol. The standard InChI is InChI=1S/C17H20N4S.C12H16N2OS/c1-21-14-7-2-3-8-15(14)22-17(21)13(18)10-11-5-4-6-12(9-11)16(19)20;15-12(9-4-6-13-7-5-9)14-10-2-1-3-11(16)8-10/h2-9,13,17H,10,18H2,1H3,(H3,19,20);1-3,8-9,13,16H,4-7H2,(H,14,15). The number of nitrogens with zero attached hydrogens (tertiary/aromatic N) is 1. The molecule has 3 aromatic rings. The Bertz CT molecular complexity index is 1260. The Hall–Kier alpha value is -2.98. The minimum atomic E-state index is 0.00427. The zero-order valence-electron chi connectivity index (χ0n) is 21.6. The van der Waals surface area contributed by atoms with Crippen LogP contribution in [0.1, 0.15) is 24.0 Å². The first-order valence-electron chi connectivity index (χ1n) is 12.8. The smallest absolute Gasteiger partial charge is 0.227 e. The fourth-order valence-electron chi connectivity index (χ4n) is 4.72. The Labute approximate surface area is 234 Å². The van der Waals surface area contributed by atoms with Gasteiger partial charge < -0.3 is 27.0 Å². The van der Waals surface area contributed by atoms with E-state index in [-0.39, 0.29) is 29.1 Å². The number of thiol groups is 1. The van der Waals surface area contributed by atoms with Crippen molar-refractivity contribution in [3.8, 4) is 0 Å². The summed E-state index contributed by atoms with van der Waals surface area (Å²) in [5.74, 6) is 0.362. The van der Waals surface area contributed by atoms with Gasteiger partial charge >= 0.3 is 0 Å². The second kappa shape index (κ2) is 13.2. The second-order valence-electron chi connectivity index (χ2n) is 9.63. The fourth-order valence-corrected chi connectivity index (χ4v) is 6.24. The summed E-state index contributed by atoms with van der Waals surface area (Å²) in [4.78, 5) is 16.3. The number of thioether (sulfide) groups is 1. The Morgan fingerprint density at radius 2 is 1.87 bits per heavy atom. The molecule has 3 aromatic carbocycles. The molecule has 2 heterocycles. The largest absolute Gasteiger partial charge is 0.384 e. The van der Waals surface area contributed by atoms with Crippen molar-refractivity contribution in [2.75, 3.05) is 30.4 Å². The molecule has 5 rings (SSSR count). The van der Waals surface area contributed by atoms with E-state index in [1.165, 1.54) is 10.6 Å². The zero-order valence-corrected chi connectivity index (χ0v) is 23.3. The number of carbonyl (C=O) groups is 1. The zero-order chi connectivity index (χ0) is 27.1. The summed E-state index contributed by atoms with van der Waals surface area (Å²) in [6.07, 6.45) is 2.61. The minimum Gasteiger partial charge on any atom is -0.384 e. The highest BCUT2D eigenvalue weighted by Crippen LogP contribution is 2.43. The molecule has 200 valence electrons. The molecule has 0 radical (unpaired) electrons. The number of para-hydroxylation sites is 1. The third kappa shape index (κ3) is 7.32. The second-order valence-corrected chi connectivity index (χ2v) is 11.3. The van der Waals surface area contributed by atoms with Gasteiger partial charge in [0.1, 0.15) is 5.84 Å². The SMILES string of the molecule is CN1c2ccccc2SC1C(N)Cc1cccc(C(=N)N)c1.O=C(Nc1cccc(S)c1)C1CCNCC1. The maximum Gasteiger partial charge on any atom is 0.227 e. The van der Waals surface area contributed by atoms with E-state index in [1.54, 1.807) is 0 Å². The van der Waals surface area contributed by atoms with Crippen LogP contribution in [-0.2, 0) is 11.2 Å². The van der Waals surface area contributed by atoms with Crippen LogP contribution in [0, 0.1) is 11.3 Å². The lowest BCUT2D eigenvalue weighted by Gasteiger charge is -2.27. The number of rotatable bonds is 6. The van der Waals surface area contributed by atoms with Crippen LogP contribution in [0.15, 0.2) is 82.6 Å². The van der Waals surface area contributed by atoms with Crippen LogP contribution < -0.4 is 27.0 Å². The molecule has 0 bridgehead atoms. The molecular formula is C29H36N6OS2. The number of amides is 1. The van der Waals surface area contributed by atoms with Crippen LogP contribution >= 0.6 is 24.4 Å². The Morgan fingerprint density at radius 1 is 1.13 bits per heavy atom. The number of nitrogens with two attached hydrogens (primary N) is 2. The van der Waals surface area contributed by atoms with E-state index < -0.39 is 0 Å². The summed E-state index contributed by atoms with van der Waals surface area (Å²) < 4.78 is 0. The lowest BCUT2D eigenvalue weighted by molar-refractivity contribution is -0.120. The van der Waals surface area contributed by atoms with Crippen molar-refractivity contribution < 1.29 is 4.79 Å². The van der Waals surface area contributed by atoms with E-state index in [1.807, 2.05) is 60.3 Å². The van der Waals surface area contributed by atoms with Gasteiger partial charge in [0.05, 0.1) is 11.1 Å². The summed E-state index contributed by atoms with van der Waals surface area (Å²) in [5.41, 5.74) is 16.0. The van der Waals surface area contributed by atoms with E-state index in [0.29, 0.717) is 0 Å². The van der Waals surface area contributed by atoms with Crippen LogP contribution in [0.5, 0.6) is 0 Å². The third-order valence-corrected chi connectivity index (χ3v) is 8.56. The van der Waals surface area contributed by atoms with Crippen molar-refractivity contribution >= 4 is 47.5 Å². The van der Waals surface area contributed by atoms with E-state index in [2.05, 4.69) is 59.5 Å². The van der Waals surface area contributed by atoms with E-state index in [0.717, 1.165) is 54.1 Å². The van der Waals surface area contributed by atoms with Crippen molar-refractivity contribution in [3.05, 3.63) is 83.9 Å². The maximum absolute atomic E-state index is 11.9. The summed E-state index contributed by atoms with van der Waals surface area (Å²) in [6.45, 7) is 1.87. The predicted octanol–water partition coefficient (Wildman–Crippen LogP) is 4.32. The highest BCUT2D eigenvalue weighted by Gasteiger charge is 2.31. The molecule has 2 atom stereocenters. The van der Waals surface area contributed by atoms with Crippen molar-refractivity contribution in [2.45, 2.75) is 40.5 Å². The molecule has 0 aliphatic carbocycles. The molecule has 38 heavy (non-hydrogen) atoms. The van der Waals surface area contributed by atoms with Crippen molar-refractivity contribution in [1.29, 1.82) is 5.41 Å². The molecule has 0 aromatic heterocycles. The third-order valence-electron chi connectivity index (χ3n) is 6.77. The van der Waals surface area contributed by atoms with Crippen LogP contribution in [0.25, 0.3) is 0 Å². The number of amidine groups is 1. The van der Waals surface area contributed by atoms with Gasteiger partial charge in [0.15, 0.2) is 0 Å². The van der Waals surface area contributed by atoms with E-state index in [4.69, 9.17) is 16.9 Å². The van der Waals surface area contributed by atoms with Gasteiger partial charge in [0.25, 0.3) is 0 Å². The first-order valence-corrected chi connectivity index (χ1v) is 14.1. The van der Waals surface area contributed by atoms with Crippen LogP contribution in [0.3, 0.4) is 0 Å². The highest BCUT2D eigenvalue weighted by atomic mass is 32.2. The van der Waals surface area contributed by atoms with Gasteiger partial charge in [0, 0.05) is 40.0 Å². The molecule has 2 unspecified atom stereocenters. The van der Waals surface area contributed by atoms with Gasteiger partial charge in [-0.15, -0.1) is 12.6 Å². The number of hydrogen-bond acceptors (Lipinski definition) is 7. The Kier molecular flexibility index (Phi) is 9.74. The number of nitrogens with one attached hydrogen (secondary N) is 3. The van der Waals surface area contributed by atoms with Crippen LogP contribution in [0.4, 0.5) is 11.4 Å². The van der Waals surface area contributed by atoms with Crippen LogP contribution in [0.2, 0.25) is 0 Å². The molecule has 1 fully saturated rings. The molecule has 0 spiro atoms. The van der Waals surface area contributed by atoms with Gasteiger partial charge in [-0.05, 0) is 74.3 Å². The summed E-state index contributed by atoms with van der Waals surface area (Å²) in [5, 5.41) is 13.9. The Morgan fingerprint density at radius 3 is 2.58 bits per heavy atom. The number of carbonyl (C=O) groups excluding carboxylic acids is 1. The van der Waals surface area contributed by atoms with Gasteiger partial charge in [-0.1, -0.05) is 48.2 Å². The van der Waals surface area contributed by atoms with Crippen molar-refractivity contribution in [2.24, 2.45) is 17.4 Å². The number of piperidine rings is 1. The molecule has 7 N–H and O–H groups in total. The highest BCUT2D eigenvalue weighted by molar-refractivity contribution is 8.00. The van der Waals surface area contributed by atoms with Crippen molar-refractivity contribution in [1.82, 2.24) is 5.32 Å². The normalized spacial score (nSPS) is 17.7. The van der Waals surface area contributed by atoms with Crippen LogP contribution in [-0.4, -0.2) is 43.3 Å². The molecule has 1 saturated heterocycles. The summed E-state index contributed by atoms with van der Waals surface area (Å²) in [7, 11) is 2.09. The van der Waals surface area contributed by atoms with E-state index in [9.17, 15) is 4.79 Å². The number of anilines is 2. The number of hydrogen-bond donors (Lipinski definition) is 6. The van der Waals surface area contributed by atoms with Gasteiger partial charge in [0.2, 0.25) is 5.91 Å². The van der Waals surface area contributed by atoms with E-state index >= 15 is 0 Å². The quantitative estimate of drug-likeness (QED) is 0.155. The van der Waals surface area contributed by atoms with Crippen molar-refractivity contribution in [3.63, 3.8) is 0 Å².